The molecule has 0 unspecified atom stereocenters. The van der Waals surface area contributed by atoms with Gasteiger partial charge < -0.3 is 4.90 Å². The zero-order valence-electron chi connectivity index (χ0n) is 9.06. The highest BCUT2D eigenvalue weighted by atomic mass is 79.9. The van der Waals surface area contributed by atoms with Crippen LogP contribution in [-0.4, -0.2) is 34.3 Å². The van der Waals surface area contributed by atoms with E-state index in [0.29, 0.717) is 6.54 Å². The van der Waals surface area contributed by atoms with Crippen LogP contribution in [0.3, 0.4) is 0 Å². The smallest absolute Gasteiger partial charge is 0.312 e. The van der Waals surface area contributed by atoms with Crippen LogP contribution in [0.2, 0.25) is 0 Å². The Kier molecular flexibility index (Phi) is 2.71. The summed E-state index contributed by atoms with van der Waals surface area (Å²) in [5.41, 5.74) is 0.998. The molecule has 0 saturated carbocycles. The monoisotopic (exact) mass is 314 g/mol. The molecule has 0 aliphatic carbocycles. The van der Waals surface area contributed by atoms with E-state index in [4.69, 9.17) is 0 Å². The largest absolute Gasteiger partial charge is 0.327 e. The van der Waals surface area contributed by atoms with Gasteiger partial charge in [0.2, 0.25) is 0 Å². The summed E-state index contributed by atoms with van der Waals surface area (Å²) in [6, 6.07) is -0.324. The number of hydrogen-bond donors (Lipinski definition) is 0. The van der Waals surface area contributed by atoms with Gasteiger partial charge in [-0.3, -0.25) is 9.69 Å². The molecular weight excluding hydrogens is 304 g/mol. The summed E-state index contributed by atoms with van der Waals surface area (Å²) < 4.78 is 0.968. The van der Waals surface area contributed by atoms with Gasteiger partial charge in [-0.2, -0.15) is 11.3 Å². The Morgan fingerprint density at radius 3 is 2.88 bits per heavy atom. The average molecular weight is 315 g/mol. The third-order valence-electron chi connectivity index (χ3n) is 3.30. The van der Waals surface area contributed by atoms with Crippen molar-refractivity contribution in [3.8, 4) is 0 Å². The van der Waals surface area contributed by atoms with Crippen LogP contribution in [0.1, 0.15) is 18.4 Å². The molecule has 2 aliphatic rings. The predicted octanol–water partition coefficient (Wildman–Crippen LogP) is 2.44. The van der Waals surface area contributed by atoms with Gasteiger partial charge in [0.1, 0.15) is 6.04 Å². The fourth-order valence-electron chi connectivity index (χ4n) is 2.42. The Hall–Kier alpha value is -0.880. The Balaban J connectivity index is 1.83. The van der Waals surface area contributed by atoms with Gasteiger partial charge >= 0.3 is 6.03 Å². The van der Waals surface area contributed by atoms with Crippen molar-refractivity contribution in [3.05, 3.63) is 20.8 Å². The molecule has 0 bridgehead atoms. The highest BCUT2D eigenvalue weighted by Gasteiger charge is 2.47. The Morgan fingerprint density at radius 1 is 1.41 bits per heavy atom. The van der Waals surface area contributed by atoms with E-state index in [9.17, 15) is 9.59 Å². The number of thiophene rings is 1. The molecule has 1 aromatic rings. The van der Waals surface area contributed by atoms with E-state index in [0.717, 1.165) is 29.4 Å². The zero-order valence-corrected chi connectivity index (χ0v) is 11.5. The van der Waals surface area contributed by atoms with Crippen molar-refractivity contribution in [1.82, 2.24) is 9.80 Å². The van der Waals surface area contributed by atoms with Gasteiger partial charge in [-0.25, -0.2) is 4.79 Å². The number of halogens is 1. The SMILES string of the molecule is O=C1[C@@H]2CCCN2C(=O)N1Cc1cscc1Br. The van der Waals surface area contributed by atoms with Crippen molar-refractivity contribution in [2.24, 2.45) is 0 Å². The highest BCUT2D eigenvalue weighted by molar-refractivity contribution is 9.10. The Morgan fingerprint density at radius 2 is 2.24 bits per heavy atom. The van der Waals surface area contributed by atoms with Crippen LogP contribution in [0.5, 0.6) is 0 Å². The number of hydrogen-bond acceptors (Lipinski definition) is 3. The predicted molar refractivity (Wildman–Crippen MR) is 67.7 cm³/mol. The maximum Gasteiger partial charge on any atom is 0.327 e. The maximum absolute atomic E-state index is 12.1. The molecular formula is C11H11BrN2O2S. The quantitative estimate of drug-likeness (QED) is 0.787. The molecule has 4 nitrogen and oxygen atoms in total. The highest BCUT2D eigenvalue weighted by Crippen LogP contribution is 2.30. The average Bonchev–Trinajstić information content (AvgIpc) is 2.97. The van der Waals surface area contributed by atoms with E-state index < -0.39 is 0 Å². The van der Waals surface area contributed by atoms with E-state index >= 15 is 0 Å². The molecule has 3 amide bonds. The second-order valence-corrected chi connectivity index (χ2v) is 5.90. The fraction of sp³-hybridized carbons (Fsp3) is 0.455. The van der Waals surface area contributed by atoms with E-state index in [-0.39, 0.29) is 18.0 Å². The van der Waals surface area contributed by atoms with Gasteiger partial charge in [-0.15, -0.1) is 0 Å². The first-order chi connectivity index (χ1) is 8.18. The van der Waals surface area contributed by atoms with Crippen molar-refractivity contribution in [2.45, 2.75) is 25.4 Å². The lowest BCUT2D eigenvalue weighted by Crippen LogP contribution is -2.32. The lowest BCUT2D eigenvalue weighted by Gasteiger charge is -2.14. The van der Waals surface area contributed by atoms with Gasteiger partial charge in [-0.1, -0.05) is 0 Å². The van der Waals surface area contributed by atoms with Gasteiger partial charge in [0.05, 0.1) is 6.54 Å². The first-order valence-electron chi connectivity index (χ1n) is 5.51. The first-order valence-corrected chi connectivity index (χ1v) is 7.24. The lowest BCUT2D eigenvalue weighted by molar-refractivity contribution is -0.128. The second kappa shape index (κ2) is 4.10. The summed E-state index contributed by atoms with van der Waals surface area (Å²) in [7, 11) is 0. The minimum Gasteiger partial charge on any atom is -0.312 e. The van der Waals surface area contributed by atoms with Crippen molar-refractivity contribution < 1.29 is 9.59 Å². The van der Waals surface area contributed by atoms with Crippen LogP contribution in [0.4, 0.5) is 4.79 Å². The Labute approximate surface area is 111 Å². The van der Waals surface area contributed by atoms with E-state index in [1.165, 1.54) is 4.90 Å². The number of rotatable bonds is 2. The molecule has 2 saturated heterocycles. The van der Waals surface area contributed by atoms with Crippen LogP contribution in [-0.2, 0) is 11.3 Å². The van der Waals surface area contributed by atoms with Crippen LogP contribution in [0, 0.1) is 0 Å². The molecule has 2 aliphatic heterocycles. The van der Waals surface area contributed by atoms with Gasteiger partial charge in [0, 0.05) is 16.4 Å². The van der Waals surface area contributed by atoms with E-state index in [2.05, 4.69) is 15.9 Å². The van der Waals surface area contributed by atoms with E-state index in [1.807, 2.05) is 10.8 Å². The first kappa shape index (κ1) is 11.2. The van der Waals surface area contributed by atoms with Gasteiger partial charge in [-0.05, 0) is 39.7 Å². The summed E-state index contributed by atoms with van der Waals surface area (Å²) >= 11 is 4.99. The topological polar surface area (TPSA) is 40.6 Å². The molecule has 3 rings (SSSR count). The van der Waals surface area contributed by atoms with Crippen molar-refractivity contribution in [3.63, 3.8) is 0 Å². The second-order valence-electron chi connectivity index (χ2n) is 4.30. The third kappa shape index (κ3) is 1.70. The van der Waals surface area contributed by atoms with Gasteiger partial charge in [0.25, 0.3) is 5.91 Å². The molecule has 0 N–H and O–H groups in total. The number of urea groups is 1. The molecule has 0 radical (unpaired) electrons. The van der Waals surface area contributed by atoms with Crippen molar-refractivity contribution in [2.75, 3.05) is 6.54 Å². The number of imide groups is 1. The molecule has 1 aromatic heterocycles. The minimum absolute atomic E-state index is 0.0365. The van der Waals surface area contributed by atoms with Crippen LogP contribution < -0.4 is 0 Å². The van der Waals surface area contributed by atoms with Crippen molar-refractivity contribution in [1.29, 1.82) is 0 Å². The lowest BCUT2D eigenvalue weighted by atomic mass is 10.2. The molecule has 1 atom stereocenters. The Bertz CT molecular complexity index is 466. The molecule has 6 heteroatoms. The summed E-state index contributed by atoms with van der Waals surface area (Å²) in [6.45, 7) is 1.10. The number of nitrogens with zero attached hydrogens (tertiary/aromatic N) is 2. The number of carbonyl (C=O) groups excluding carboxylic acids is 2. The summed E-state index contributed by atoms with van der Waals surface area (Å²) in [5.74, 6) is -0.0365. The van der Waals surface area contributed by atoms with E-state index in [1.54, 1.807) is 16.2 Å². The number of fused-ring (bicyclic) bond motifs is 1. The zero-order chi connectivity index (χ0) is 12.0. The summed E-state index contributed by atoms with van der Waals surface area (Å²) in [5, 5.41) is 3.93. The molecule has 17 heavy (non-hydrogen) atoms. The molecule has 2 fully saturated rings. The fourth-order valence-corrected chi connectivity index (χ4v) is 3.84. The minimum atomic E-state index is -0.195. The van der Waals surface area contributed by atoms with Crippen LogP contribution >= 0.6 is 27.3 Å². The molecule has 90 valence electrons. The van der Waals surface area contributed by atoms with Gasteiger partial charge in [0.15, 0.2) is 0 Å². The molecule has 0 spiro atoms. The number of amides is 3. The third-order valence-corrected chi connectivity index (χ3v) is 5.13. The molecule has 0 aromatic carbocycles. The van der Waals surface area contributed by atoms with Crippen LogP contribution in [0.15, 0.2) is 15.2 Å². The molecule has 3 heterocycles. The normalized spacial score (nSPS) is 23.7. The summed E-state index contributed by atoms with van der Waals surface area (Å²) in [6.07, 6.45) is 1.75. The maximum atomic E-state index is 12.1. The number of carbonyl (C=O) groups is 2. The standard InChI is InChI=1S/C11H11BrN2O2S/c12-8-6-17-5-7(8)4-14-10(15)9-2-1-3-13(9)11(14)16/h5-6,9H,1-4H2/t9-/m0/s1. The van der Waals surface area contributed by atoms with Crippen LogP contribution in [0.25, 0.3) is 0 Å². The summed E-state index contributed by atoms with van der Waals surface area (Å²) in [4.78, 5) is 27.2. The van der Waals surface area contributed by atoms with Crippen molar-refractivity contribution >= 4 is 39.2 Å².